The molecular weight excluding hydrogens is 414 g/mol. The van der Waals surface area contributed by atoms with E-state index >= 15 is 0 Å². The first-order valence-corrected chi connectivity index (χ1v) is 9.62. The van der Waals surface area contributed by atoms with E-state index in [0.717, 1.165) is 31.6 Å². The number of fused-ring (bicyclic) bond motifs is 1. The number of carbonyl (C=O) groups is 1. The van der Waals surface area contributed by atoms with Gasteiger partial charge in [-0.3, -0.25) is 4.79 Å². The third-order valence-electron chi connectivity index (χ3n) is 5.28. The lowest BCUT2D eigenvalue weighted by atomic mass is 10.0. The fraction of sp³-hybridized carbons (Fsp3) is 0.286. The summed E-state index contributed by atoms with van der Waals surface area (Å²) in [5.74, 6) is -1.31. The van der Waals surface area contributed by atoms with Crippen LogP contribution in [0.15, 0.2) is 42.7 Å². The number of amides is 1. The zero-order chi connectivity index (χ0) is 22.2. The average Bonchev–Trinajstić information content (AvgIpc) is 2.68. The molecular formula is C21H19F4N5O. The lowest BCUT2D eigenvalue weighted by molar-refractivity contribution is -0.137. The third-order valence-corrected chi connectivity index (χ3v) is 5.28. The van der Waals surface area contributed by atoms with Crippen LogP contribution in [0.2, 0.25) is 0 Å². The van der Waals surface area contributed by atoms with Crippen LogP contribution in [0, 0.1) is 5.82 Å². The Bertz CT molecular complexity index is 1130. The quantitative estimate of drug-likeness (QED) is 0.579. The van der Waals surface area contributed by atoms with Crippen LogP contribution in [-0.2, 0) is 6.18 Å². The number of alkyl halides is 3. The number of likely N-dealkylation sites (tertiary alicyclic amines) is 1. The molecule has 31 heavy (non-hydrogen) atoms. The molecule has 1 aliphatic heterocycles. The predicted molar refractivity (Wildman–Crippen MR) is 107 cm³/mol. The van der Waals surface area contributed by atoms with Crippen LogP contribution in [0.1, 0.15) is 33.9 Å². The van der Waals surface area contributed by atoms with Gasteiger partial charge in [0.05, 0.1) is 22.7 Å². The Morgan fingerprint density at radius 1 is 1.19 bits per heavy atom. The Morgan fingerprint density at radius 3 is 2.61 bits per heavy atom. The SMILES string of the molecule is NC(=O)c1cccc2c(NC(CN3CCC3)c3cc(F)cc(C(F)(F)F)c3)ncnc12. The van der Waals surface area contributed by atoms with Crippen LogP contribution < -0.4 is 11.1 Å². The van der Waals surface area contributed by atoms with E-state index in [1.807, 2.05) is 4.90 Å². The van der Waals surface area contributed by atoms with Crippen molar-refractivity contribution in [2.24, 2.45) is 5.73 Å². The third kappa shape index (κ3) is 4.43. The first-order chi connectivity index (χ1) is 14.7. The van der Waals surface area contributed by atoms with Crippen LogP contribution in [0.3, 0.4) is 0 Å². The molecule has 0 aliphatic carbocycles. The summed E-state index contributed by atoms with van der Waals surface area (Å²) in [4.78, 5) is 22.1. The summed E-state index contributed by atoms with van der Waals surface area (Å²) < 4.78 is 53.8. The van der Waals surface area contributed by atoms with Gasteiger partial charge in [-0.15, -0.1) is 0 Å². The zero-order valence-electron chi connectivity index (χ0n) is 16.3. The molecule has 0 radical (unpaired) electrons. The molecule has 162 valence electrons. The average molecular weight is 433 g/mol. The Kier molecular flexibility index (Phi) is 5.48. The van der Waals surface area contributed by atoms with Crippen LogP contribution in [0.25, 0.3) is 10.9 Å². The molecule has 0 saturated carbocycles. The number of hydrogen-bond acceptors (Lipinski definition) is 5. The van der Waals surface area contributed by atoms with Gasteiger partial charge in [-0.2, -0.15) is 13.2 Å². The van der Waals surface area contributed by atoms with E-state index in [1.54, 1.807) is 12.1 Å². The minimum absolute atomic E-state index is 0.150. The Hall–Kier alpha value is -3.27. The highest BCUT2D eigenvalue weighted by molar-refractivity contribution is 6.06. The minimum Gasteiger partial charge on any atom is -0.366 e. The lowest BCUT2D eigenvalue weighted by Gasteiger charge is -2.35. The summed E-state index contributed by atoms with van der Waals surface area (Å²) in [6.45, 7) is 1.97. The number of benzene rings is 2. The minimum atomic E-state index is -4.67. The Balaban J connectivity index is 1.76. The van der Waals surface area contributed by atoms with Crippen LogP contribution in [-0.4, -0.2) is 40.4 Å². The fourth-order valence-electron chi connectivity index (χ4n) is 3.60. The van der Waals surface area contributed by atoms with Crippen molar-refractivity contribution in [1.29, 1.82) is 0 Å². The predicted octanol–water partition coefficient (Wildman–Crippen LogP) is 3.75. The summed E-state index contributed by atoms with van der Waals surface area (Å²) in [5.41, 5.74) is 5.03. The molecule has 3 N–H and O–H groups in total. The summed E-state index contributed by atoms with van der Waals surface area (Å²) in [5, 5.41) is 3.62. The van der Waals surface area contributed by atoms with E-state index in [9.17, 15) is 22.4 Å². The van der Waals surface area contributed by atoms with E-state index in [-0.39, 0.29) is 11.1 Å². The Labute approximate surface area is 175 Å². The van der Waals surface area contributed by atoms with Crippen molar-refractivity contribution in [2.45, 2.75) is 18.6 Å². The van der Waals surface area contributed by atoms with Gasteiger partial charge in [0.1, 0.15) is 18.0 Å². The van der Waals surface area contributed by atoms with Crippen LogP contribution >= 0.6 is 0 Å². The highest BCUT2D eigenvalue weighted by Crippen LogP contribution is 2.33. The summed E-state index contributed by atoms with van der Waals surface area (Å²) in [6, 6.07) is 6.66. The molecule has 1 aliphatic rings. The number of nitrogens with two attached hydrogens (primary N) is 1. The van der Waals surface area contributed by atoms with Crippen molar-refractivity contribution >= 4 is 22.6 Å². The molecule has 1 saturated heterocycles. The highest BCUT2D eigenvalue weighted by atomic mass is 19.4. The number of primary amides is 1. The van der Waals surface area contributed by atoms with Gasteiger partial charge in [-0.25, -0.2) is 14.4 Å². The molecule has 2 aromatic carbocycles. The van der Waals surface area contributed by atoms with E-state index in [4.69, 9.17) is 5.73 Å². The standard InChI is InChI=1S/C21H19F4N5O/c22-14-8-12(7-13(9-14)21(23,24)25)17(10-30-5-2-6-30)29-20-16-4-1-3-15(19(26)31)18(16)27-11-28-20/h1,3-4,7-9,11,17H,2,5-6,10H2,(H2,26,31)(H,27,28,29). The summed E-state index contributed by atoms with van der Waals surface area (Å²) >= 11 is 0. The van der Waals surface area contributed by atoms with Crippen molar-refractivity contribution < 1.29 is 22.4 Å². The monoisotopic (exact) mass is 433 g/mol. The molecule has 1 aromatic heterocycles. The number of para-hydroxylation sites is 1. The van der Waals surface area contributed by atoms with Crippen molar-refractivity contribution in [3.63, 3.8) is 0 Å². The normalized spacial score (nSPS) is 15.5. The molecule has 10 heteroatoms. The number of anilines is 1. The number of hydrogen-bond donors (Lipinski definition) is 2. The molecule has 6 nitrogen and oxygen atoms in total. The number of nitrogens with one attached hydrogen (secondary N) is 1. The molecule has 1 unspecified atom stereocenters. The Morgan fingerprint density at radius 2 is 1.97 bits per heavy atom. The number of aromatic nitrogens is 2. The van der Waals surface area contributed by atoms with Gasteiger partial charge in [0.2, 0.25) is 0 Å². The zero-order valence-corrected chi connectivity index (χ0v) is 16.3. The molecule has 1 fully saturated rings. The van der Waals surface area contributed by atoms with Gasteiger partial charge in [0.25, 0.3) is 5.91 Å². The largest absolute Gasteiger partial charge is 0.416 e. The smallest absolute Gasteiger partial charge is 0.366 e. The molecule has 1 atom stereocenters. The van der Waals surface area contributed by atoms with Crippen molar-refractivity contribution in [3.05, 3.63) is 65.2 Å². The maximum absolute atomic E-state index is 14.1. The van der Waals surface area contributed by atoms with Gasteiger partial charge < -0.3 is 16.0 Å². The number of rotatable bonds is 6. The fourth-order valence-corrected chi connectivity index (χ4v) is 3.60. The molecule has 4 rings (SSSR count). The highest BCUT2D eigenvalue weighted by Gasteiger charge is 2.32. The van der Waals surface area contributed by atoms with E-state index < -0.39 is 29.5 Å². The maximum atomic E-state index is 14.1. The second kappa shape index (κ2) is 8.10. The van der Waals surface area contributed by atoms with Crippen molar-refractivity contribution in [1.82, 2.24) is 14.9 Å². The van der Waals surface area contributed by atoms with Gasteiger partial charge >= 0.3 is 6.18 Å². The van der Waals surface area contributed by atoms with Gasteiger partial charge in [0.15, 0.2) is 0 Å². The molecule has 3 aromatic rings. The summed E-state index contributed by atoms with van der Waals surface area (Å²) in [6.07, 6.45) is -2.44. The second-order valence-corrected chi connectivity index (χ2v) is 7.41. The van der Waals surface area contributed by atoms with Gasteiger partial charge in [-0.05, 0) is 55.4 Å². The van der Waals surface area contributed by atoms with Gasteiger partial charge in [-0.1, -0.05) is 6.07 Å². The topological polar surface area (TPSA) is 84.1 Å². The first kappa shape index (κ1) is 21.0. The van der Waals surface area contributed by atoms with Crippen molar-refractivity contribution in [3.8, 4) is 0 Å². The van der Waals surface area contributed by atoms with E-state index in [2.05, 4.69) is 15.3 Å². The van der Waals surface area contributed by atoms with Gasteiger partial charge in [0, 0.05) is 11.9 Å². The number of nitrogens with zero attached hydrogens (tertiary/aromatic N) is 3. The lowest BCUT2D eigenvalue weighted by Crippen LogP contribution is -2.41. The molecule has 0 bridgehead atoms. The van der Waals surface area contributed by atoms with E-state index in [0.29, 0.717) is 29.3 Å². The van der Waals surface area contributed by atoms with Crippen LogP contribution in [0.5, 0.6) is 0 Å². The summed E-state index contributed by atoms with van der Waals surface area (Å²) in [7, 11) is 0. The first-order valence-electron chi connectivity index (χ1n) is 9.62. The maximum Gasteiger partial charge on any atom is 0.416 e. The van der Waals surface area contributed by atoms with Crippen LogP contribution in [0.4, 0.5) is 23.4 Å². The van der Waals surface area contributed by atoms with E-state index in [1.165, 1.54) is 12.4 Å². The second-order valence-electron chi connectivity index (χ2n) is 7.41. The molecule has 0 spiro atoms. The number of halogens is 4. The molecule has 2 heterocycles. The van der Waals surface area contributed by atoms with Crippen molar-refractivity contribution in [2.75, 3.05) is 25.0 Å². The number of carbonyl (C=O) groups excluding carboxylic acids is 1. The molecule has 1 amide bonds.